The van der Waals surface area contributed by atoms with Crippen molar-refractivity contribution in [2.75, 3.05) is 7.05 Å². The van der Waals surface area contributed by atoms with Crippen molar-refractivity contribution < 1.29 is 9.53 Å². The SMILES string of the molecule is Cc1cccc(COc2ccc([C@H]3C(C#N)=C(N)N(C)C4=C3C(=O)CCC4)cc2)c1. The maximum atomic E-state index is 12.8. The summed E-state index contributed by atoms with van der Waals surface area (Å²) >= 11 is 0. The van der Waals surface area contributed by atoms with E-state index in [-0.39, 0.29) is 5.78 Å². The molecular weight excluding hydrogens is 374 g/mol. The number of ether oxygens (including phenoxy) is 1. The Morgan fingerprint density at radius 2 is 1.97 bits per heavy atom. The van der Waals surface area contributed by atoms with Crippen molar-refractivity contribution in [1.82, 2.24) is 4.90 Å². The summed E-state index contributed by atoms with van der Waals surface area (Å²) in [5, 5.41) is 9.80. The van der Waals surface area contributed by atoms with Crippen LogP contribution in [0.25, 0.3) is 0 Å². The van der Waals surface area contributed by atoms with Crippen molar-refractivity contribution in [3.63, 3.8) is 0 Å². The minimum atomic E-state index is -0.417. The first-order chi connectivity index (χ1) is 14.5. The van der Waals surface area contributed by atoms with Crippen LogP contribution in [0.5, 0.6) is 5.75 Å². The number of rotatable bonds is 4. The Balaban J connectivity index is 1.62. The molecule has 5 heteroatoms. The number of ketones is 1. The van der Waals surface area contributed by atoms with Gasteiger partial charge in [0.25, 0.3) is 0 Å². The van der Waals surface area contributed by atoms with Gasteiger partial charge in [-0.25, -0.2) is 0 Å². The number of allylic oxidation sites excluding steroid dienone is 3. The molecule has 5 nitrogen and oxygen atoms in total. The van der Waals surface area contributed by atoms with E-state index in [1.54, 1.807) is 4.90 Å². The lowest BCUT2D eigenvalue weighted by Crippen LogP contribution is -2.36. The Kier molecular flexibility index (Phi) is 5.33. The minimum Gasteiger partial charge on any atom is -0.489 e. The van der Waals surface area contributed by atoms with Gasteiger partial charge in [0.1, 0.15) is 18.2 Å². The molecule has 0 spiro atoms. The van der Waals surface area contributed by atoms with Crippen LogP contribution in [0.2, 0.25) is 0 Å². The molecule has 0 bridgehead atoms. The fourth-order valence-corrected chi connectivity index (χ4v) is 4.32. The average molecular weight is 399 g/mol. The molecule has 0 saturated heterocycles. The van der Waals surface area contributed by atoms with E-state index in [0.29, 0.717) is 30.0 Å². The average Bonchev–Trinajstić information content (AvgIpc) is 2.75. The number of Topliss-reactive ketones (excluding diaryl/α,β-unsaturated/α-hetero) is 1. The lowest BCUT2D eigenvalue weighted by molar-refractivity contribution is -0.116. The van der Waals surface area contributed by atoms with E-state index < -0.39 is 5.92 Å². The predicted octanol–water partition coefficient (Wildman–Crippen LogP) is 4.30. The van der Waals surface area contributed by atoms with E-state index in [9.17, 15) is 10.1 Å². The molecule has 1 aliphatic carbocycles. The lowest BCUT2D eigenvalue weighted by Gasteiger charge is -2.37. The van der Waals surface area contributed by atoms with Gasteiger partial charge in [0.2, 0.25) is 0 Å². The summed E-state index contributed by atoms with van der Waals surface area (Å²) in [6.07, 6.45) is 2.13. The van der Waals surface area contributed by atoms with Crippen LogP contribution in [-0.2, 0) is 11.4 Å². The molecule has 152 valence electrons. The number of hydrogen-bond acceptors (Lipinski definition) is 5. The van der Waals surface area contributed by atoms with Crippen molar-refractivity contribution in [3.8, 4) is 11.8 Å². The number of carbonyl (C=O) groups is 1. The van der Waals surface area contributed by atoms with Gasteiger partial charge in [-0.15, -0.1) is 0 Å². The molecule has 4 rings (SSSR count). The minimum absolute atomic E-state index is 0.105. The van der Waals surface area contributed by atoms with Gasteiger partial charge < -0.3 is 15.4 Å². The van der Waals surface area contributed by atoms with Gasteiger partial charge in [-0.2, -0.15) is 5.26 Å². The van der Waals surface area contributed by atoms with E-state index >= 15 is 0 Å². The molecule has 2 N–H and O–H groups in total. The molecule has 30 heavy (non-hydrogen) atoms. The first-order valence-corrected chi connectivity index (χ1v) is 10.2. The second-order valence-corrected chi connectivity index (χ2v) is 7.89. The maximum Gasteiger partial charge on any atom is 0.161 e. The number of hydrogen-bond donors (Lipinski definition) is 1. The van der Waals surface area contributed by atoms with Gasteiger partial charge in [-0.05, 0) is 43.0 Å². The predicted molar refractivity (Wildman–Crippen MR) is 115 cm³/mol. The quantitative estimate of drug-likeness (QED) is 0.829. The summed E-state index contributed by atoms with van der Waals surface area (Å²) < 4.78 is 5.92. The summed E-state index contributed by atoms with van der Waals surface area (Å²) in [4.78, 5) is 14.6. The summed E-state index contributed by atoms with van der Waals surface area (Å²) in [5.41, 5.74) is 11.6. The van der Waals surface area contributed by atoms with Gasteiger partial charge in [-0.1, -0.05) is 42.0 Å². The van der Waals surface area contributed by atoms with E-state index in [0.717, 1.165) is 35.4 Å². The smallest absolute Gasteiger partial charge is 0.161 e. The molecule has 0 aromatic heterocycles. The summed E-state index contributed by atoms with van der Waals surface area (Å²) in [5.74, 6) is 0.858. The third-order valence-corrected chi connectivity index (χ3v) is 5.87. The summed E-state index contributed by atoms with van der Waals surface area (Å²) in [6, 6.07) is 18.1. The van der Waals surface area contributed by atoms with E-state index in [4.69, 9.17) is 10.5 Å². The van der Waals surface area contributed by atoms with Crippen molar-refractivity contribution in [3.05, 3.63) is 87.9 Å². The normalized spacial score (nSPS) is 18.9. The van der Waals surface area contributed by atoms with Gasteiger partial charge in [0, 0.05) is 24.7 Å². The number of nitriles is 1. The monoisotopic (exact) mass is 399 g/mol. The maximum absolute atomic E-state index is 12.8. The Morgan fingerprint density at radius 3 is 2.67 bits per heavy atom. The van der Waals surface area contributed by atoms with Gasteiger partial charge in [0.05, 0.1) is 17.6 Å². The zero-order valence-electron chi connectivity index (χ0n) is 17.3. The zero-order valence-corrected chi connectivity index (χ0v) is 17.3. The largest absolute Gasteiger partial charge is 0.489 e. The first-order valence-electron chi connectivity index (χ1n) is 10.2. The van der Waals surface area contributed by atoms with Crippen LogP contribution in [0.4, 0.5) is 0 Å². The molecular formula is C25H25N3O2. The number of benzene rings is 2. The molecule has 0 saturated carbocycles. The topological polar surface area (TPSA) is 79.3 Å². The summed E-state index contributed by atoms with van der Waals surface area (Å²) in [6.45, 7) is 2.54. The van der Waals surface area contributed by atoms with Crippen molar-refractivity contribution in [1.29, 1.82) is 5.26 Å². The lowest BCUT2D eigenvalue weighted by atomic mass is 9.76. The molecule has 0 unspecified atom stereocenters. The molecule has 1 atom stereocenters. The molecule has 2 aliphatic rings. The second kappa shape index (κ2) is 8.08. The van der Waals surface area contributed by atoms with Crippen LogP contribution >= 0.6 is 0 Å². The molecule has 0 amide bonds. The first kappa shape index (κ1) is 19.8. The Labute approximate surface area is 177 Å². The highest BCUT2D eigenvalue weighted by Gasteiger charge is 2.38. The zero-order chi connectivity index (χ0) is 21.3. The third-order valence-electron chi connectivity index (χ3n) is 5.87. The van der Waals surface area contributed by atoms with Crippen molar-refractivity contribution >= 4 is 5.78 Å². The number of aryl methyl sites for hydroxylation is 1. The fourth-order valence-electron chi connectivity index (χ4n) is 4.32. The van der Waals surface area contributed by atoms with Crippen LogP contribution in [0, 0.1) is 18.3 Å². The third kappa shape index (κ3) is 3.57. The Bertz CT molecular complexity index is 1090. The molecule has 1 heterocycles. The Morgan fingerprint density at radius 1 is 1.20 bits per heavy atom. The van der Waals surface area contributed by atoms with Crippen LogP contribution < -0.4 is 10.5 Å². The molecule has 0 radical (unpaired) electrons. The van der Waals surface area contributed by atoms with Crippen LogP contribution in [0.3, 0.4) is 0 Å². The highest BCUT2D eigenvalue weighted by atomic mass is 16.5. The molecule has 1 aliphatic heterocycles. The van der Waals surface area contributed by atoms with Gasteiger partial charge >= 0.3 is 0 Å². The molecule has 0 fully saturated rings. The fraction of sp³-hybridized carbons (Fsp3) is 0.280. The Hall–Kier alpha value is -3.52. The van der Waals surface area contributed by atoms with Crippen LogP contribution in [0.15, 0.2) is 71.2 Å². The van der Waals surface area contributed by atoms with E-state index in [2.05, 4.69) is 25.1 Å². The number of nitrogens with zero attached hydrogens (tertiary/aromatic N) is 2. The highest BCUT2D eigenvalue weighted by molar-refractivity contribution is 5.99. The summed E-state index contributed by atoms with van der Waals surface area (Å²) in [7, 11) is 1.83. The highest BCUT2D eigenvalue weighted by Crippen LogP contribution is 2.44. The molecule has 2 aromatic carbocycles. The molecule has 2 aromatic rings. The van der Waals surface area contributed by atoms with Crippen molar-refractivity contribution in [2.24, 2.45) is 5.73 Å². The van der Waals surface area contributed by atoms with Crippen LogP contribution in [0.1, 0.15) is 41.9 Å². The standard InChI is InChI=1S/C25H25N3O2/c1-16-5-3-6-17(13-16)15-30-19-11-9-18(10-12-19)23-20(14-26)25(27)28(2)21-7-4-8-22(29)24(21)23/h3,5-6,9-13,23H,4,7-8,15,27H2,1-2H3/t23-/m0/s1. The van der Waals surface area contributed by atoms with Gasteiger partial charge in [-0.3, -0.25) is 4.79 Å². The van der Waals surface area contributed by atoms with Crippen LogP contribution in [-0.4, -0.2) is 17.7 Å². The van der Waals surface area contributed by atoms with E-state index in [1.165, 1.54) is 5.56 Å². The number of nitrogens with two attached hydrogens (primary N) is 1. The van der Waals surface area contributed by atoms with E-state index in [1.807, 2.05) is 43.4 Å². The van der Waals surface area contributed by atoms with Gasteiger partial charge in [0.15, 0.2) is 5.78 Å². The van der Waals surface area contributed by atoms with Crippen molar-refractivity contribution in [2.45, 2.75) is 38.7 Å². The second-order valence-electron chi connectivity index (χ2n) is 7.89. The number of carbonyl (C=O) groups excluding carboxylic acids is 1.